The summed E-state index contributed by atoms with van der Waals surface area (Å²) in [6, 6.07) is 14.0. The van der Waals surface area contributed by atoms with Gasteiger partial charge in [-0.05, 0) is 48.5 Å². The highest BCUT2D eigenvalue weighted by Gasteiger charge is 2.08. The number of carbonyl (C=O) groups excluding carboxylic acids is 2. The van der Waals surface area contributed by atoms with Crippen LogP contribution < -0.4 is 15.0 Å². The fourth-order valence-corrected chi connectivity index (χ4v) is 2.01. The zero-order valence-corrected chi connectivity index (χ0v) is 13.8. The van der Waals surface area contributed by atoms with Gasteiger partial charge in [-0.3, -0.25) is 9.59 Å². The molecule has 0 spiro atoms. The van der Waals surface area contributed by atoms with E-state index in [1.165, 1.54) is 11.8 Å². The molecule has 2 rings (SSSR count). The molecule has 0 aromatic heterocycles. The Morgan fingerprint density at radius 1 is 1.12 bits per heavy atom. The normalized spacial score (nSPS) is 9.92. The maximum atomic E-state index is 12.2. The number of rotatable bonds is 6. The van der Waals surface area contributed by atoms with E-state index in [1.807, 2.05) is 0 Å². The highest BCUT2D eigenvalue weighted by Crippen LogP contribution is 2.18. The predicted molar refractivity (Wildman–Crippen MR) is 95.6 cm³/mol. The number of hydrogen-bond donors (Lipinski definition) is 1. The molecule has 0 bridgehead atoms. The zero-order chi connectivity index (χ0) is 17.5. The van der Waals surface area contributed by atoms with Crippen LogP contribution in [0.5, 0.6) is 5.75 Å². The van der Waals surface area contributed by atoms with Crippen LogP contribution >= 0.6 is 0 Å². The van der Waals surface area contributed by atoms with Gasteiger partial charge in [-0.25, -0.2) is 0 Å². The summed E-state index contributed by atoms with van der Waals surface area (Å²) in [7, 11) is 1.70. The summed E-state index contributed by atoms with van der Waals surface area (Å²) in [5, 5.41) is 2.82. The maximum Gasteiger partial charge on any atom is 0.255 e. The number of hydrogen-bond acceptors (Lipinski definition) is 3. The van der Waals surface area contributed by atoms with Crippen LogP contribution in [0.15, 0.2) is 61.2 Å². The van der Waals surface area contributed by atoms with E-state index in [0.717, 1.165) is 5.69 Å². The predicted octanol–water partition coefficient (Wildman–Crippen LogP) is 3.49. The average Bonchev–Trinajstić information content (AvgIpc) is 2.60. The van der Waals surface area contributed by atoms with E-state index in [0.29, 0.717) is 23.6 Å². The first kappa shape index (κ1) is 17.3. The van der Waals surface area contributed by atoms with Crippen molar-refractivity contribution in [3.05, 3.63) is 66.7 Å². The second-order valence-electron chi connectivity index (χ2n) is 5.20. The van der Waals surface area contributed by atoms with Gasteiger partial charge in [-0.2, -0.15) is 0 Å². The monoisotopic (exact) mass is 324 g/mol. The standard InChI is InChI=1S/C19H20N2O3/c1-4-13-24-18-11-5-15(6-12-18)19(23)20-16-7-9-17(10-8-16)21(3)14(2)22/h4-12H,1,13H2,2-3H3,(H,20,23). The fourth-order valence-electron chi connectivity index (χ4n) is 2.01. The van der Waals surface area contributed by atoms with Gasteiger partial charge in [0.2, 0.25) is 5.91 Å². The van der Waals surface area contributed by atoms with Crippen molar-refractivity contribution in [2.45, 2.75) is 6.92 Å². The van der Waals surface area contributed by atoms with Crippen LogP contribution in [0.1, 0.15) is 17.3 Å². The molecular weight excluding hydrogens is 304 g/mol. The van der Waals surface area contributed by atoms with Crippen LogP contribution in [0.2, 0.25) is 0 Å². The Kier molecular flexibility index (Phi) is 5.73. The zero-order valence-electron chi connectivity index (χ0n) is 13.8. The summed E-state index contributed by atoms with van der Waals surface area (Å²) in [5.41, 5.74) is 1.96. The topological polar surface area (TPSA) is 58.6 Å². The molecule has 0 aliphatic rings. The van der Waals surface area contributed by atoms with E-state index in [-0.39, 0.29) is 11.8 Å². The molecule has 0 fully saturated rings. The smallest absolute Gasteiger partial charge is 0.255 e. The number of ether oxygens (including phenoxy) is 1. The van der Waals surface area contributed by atoms with Crippen LogP contribution in [-0.4, -0.2) is 25.5 Å². The van der Waals surface area contributed by atoms with Gasteiger partial charge < -0.3 is 15.0 Å². The Hall–Kier alpha value is -3.08. The van der Waals surface area contributed by atoms with Gasteiger partial charge in [0.15, 0.2) is 0 Å². The largest absolute Gasteiger partial charge is 0.490 e. The first-order valence-corrected chi connectivity index (χ1v) is 7.50. The van der Waals surface area contributed by atoms with Gasteiger partial charge in [0.25, 0.3) is 5.91 Å². The number of anilines is 2. The molecule has 2 amide bonds. The Bertz CT molecular complexity index is 721. The third kappa shape index (κ3) is 4.46. The number of amides is 2. The van der Waals surface area contributed by atoms with Crippen molar-refractivity contribution >= 4 is 23.2 Å². The van der Waals surface area contributed by atoms with E-state index >= 15 is 0 Å². The maximum absolute atomic E-state index is 12.2. The molecule has 0 saturated heterocycles. The number of nitrogens with one attached hydrogen (secondary N) is 1. The first-order chi connectivity index (χ1) is 11.5. The van der Waals surface area contributed by atoms with Crippen LogP contribution in [-0.2, 0) is 4.79 Å². The molecule has 0 saturated carbocycles. The Balaban J connectivity index is 2.01. The van der Waals surface area contributed by atoms with E-state index in [2.05, 4.69) is 11.9 Å². The van der Waals surface area contributed by atoms with Crippen LogP contribution in [0.3, 0.4) is 0 Å². The lowest BCUT2D eigenvalue weighted by Gasteiger charge is -2.15. The molecule has 0 aliphatic carbocycles. The minimum absolute atomic E-state index is 0.0504. The lowest BCUT2D eigenvalue weighted by molar-refractivity contribution is -0.116. The van der Waals surface area contributed by atoms with Gasteiger partial charge in [-0.15, -0.1) is 0 Å². The molecule has 2 aromatic carbocycles. The quantitative estimate of drug-likeness (QED) is 0.828. The molecule has 24 heavy (non-hydrogen) atoms. The molecule has 0 radical (unpaired) electrons. The lowest BCUT2D eigenvalue weighted by Crippen LogP contribution is -2.22. The summed E-state index contributed by atoms with van der Waals surface area (Å²) in [6.07, 6.45) is 1.66. The molecule has 0 unspecified atom stereocenters. The second-order valence-corrected chi connectivity index (χ2v) is 5.20. The average molecular weight is 324 g/mol. The summed E-state index contributed by atoms with van der Waals surface area (Å²) in [4.78, 5) is 25.1. The fraction of sp³-hybridized carbons (Fsp3) is 0.158. The molecule has 5 heteroatoms. The summed E-state index contributed by atoms with van der Waals surface area (Å²) >= 11 is 0. The molecule has 2 aromatic rings. The number of nitrogens with zero attached hydrogens (tertiary/aromatic N) is 1. The molecular formula is C19H20N2O3. The lowest BCUT2D eigenvalue weighted by atomic mass is 10.2. The van der Waals surface area contributed by atoms with E-state index < -0.39 is 0 Å². The third-order valence-electron chi connectivity index (χ3n) is 3.47. The van der Waals surface area contributed by atoms with Crippen molar-refractivity contribution in [2.75, 3.05) is 23.9 Å². The molecule has 0 atom stereocenters. The minimum Gasteiger partial charge on any atom is -0.490 e. The van der Waals surface area contributed by atoms with Crippen molar-refractivity contribution in [2.24, 2.45) is 0 Å². The first-order valence-electron chi connectivity index (χ1n) is 7.50. The van der Waals surface area contributed by atoms with Crippen molar-refractivity contribution in [1.29, 1.82) is 0 Å². The molecule has 124 valence electrons. The van der Waals surface area contributed by atoms with Gasteiger partial charge in [0.1, 0.15) is 12.4 Å². The number of benzene rings is 2. The highest BCUT2D eigenvalue weighted by atomic mass is 16.5. The summed E-state index contributed by atoms with van der Waals surface area (Å²) in [6.45, 7) is 5.51. The molecule has 0 aliphatic heterocycles. The molecule has 0 heterocycles. The van der Waals surface area contributed by atoms with Crippen molar-refractivity contribution in [3.8, 4) is 5.75 Å². The minimum atomic E-state index is -0.210. The van der Waals surface area contributed by atoms with Crippen molar-refractivity contribution < 1.29 is 14.3 Å². The summed E-state index contributed by atoms with van der Waals surface area (Å²) < 4.78 is 5.38. The highest BCUT2D eigenvalue weighted by molar-refractivity contribution is 6.04. The van der Waals surface area contributed by atoms with Crippen molar-refractivity contribution in [3.63, 3.8) is 0 Å². The van der Waals surface area contributed by atoms with Gasteiger partial charge >= 0.3 is 0 Å². The van der Waals surface area contributed by atoms with Gasteiger partial charge in [0, 0.05) is 30.9 Å². The van der Waals surface area contributed by atoms with E-state index in [1.54, 1.807) is 61.7 Å². The van der Waals surface area contributed by atoms with Crippen molar-refractivity contribution in [1.82, 2.24) is 0 Å². The van der Waals surface area contributed by atoms with Gasteiger partial charge in [0.05, 0.1) is 0 Å². The van der Waals surface area contributed by atoms with E-state index in [4.69, 9.17) is 4.74 Å². The van der Waals surface area contributed by atoms with Crippen LogP contribution in [0.4, 0.5) is 11.4 Å². The summed E-state index contributed by atoms with van der Waals surface area (Å²) in [5.74, 6) is 0.423. The second kappa shape index (κ2) is 7.97. The Morgan fingerprint density at radius 2 is 1.75 bits per heavy atom. The van der Waals surface area contributed by atoms with E-state index in [9.17, 15) is 9.59 Å². The Morgan fingerprint density at radius 3 is 2.29 bits per heavy atom. The van der Waals surface area contributed by atoms with Gasteiger partial charge in [-0.1, -0.05) is 12.7 Å². The molecule has 1 N–H and O–H groups in total. The number of carbonyl (C=O) groups is 2. The van der Waals surface area contributed by atoms with Crippen LogP contribution in [0, 0.1) is 0 Å². The SMILES string of the molecule is C=CCOc1ccc(C(=O)Nc2ccc(N(C)C(C)=O)cc2)cc1. The molecule has 5 nitrogen and oxygen atoms in total. The third-order valence-corrected chi connectivity index (χ3v) is 3.47. The Labute approximate surface area is 141 Å². The van der Waals surface area contributed by atoms with Crippen LogP contribution in [0.25, 0.3) is 0 Å².